The molecule has 2 N–H and O–H groups in total. The maximum atomic E-state index is 11.4. The van der Waals surface area contributed by atoms with Crippen molar-refractivity contribution in [2.24, 2.45) is 0 Å². The Bertz CT molecular complexity index is 572. The molecule has 90 valence electrons. The van der Waals surface area contributed by atoms with Gasteiger partial charge in [0.15, 0.2) is 0 Å². The zero-order valence-corrected chi connectivity index (χ0v) is 11.9. The van der Waals surface area contributed by atoms with Crippen LogP contribution < -0.4 is 11.2 Å². The van der Waals surface area contributed by atoms with Crippen LogP contribution in [0.5, 0.6) is 0 Å². The van der Waals surface area contributed by atoms with Crippen molar-refractivity contribution in [2.75, 3.05) is 5.73 Å². The van der Waals surface area contributed by atoms with Gasteiger partial charge in [-0.25, -0.2) is 4.98 Å². The monoisotopic (exact) mass is 313 g/mol. The Labute approximate surface area is 111 Å². The van der Waals surface area contributed by atoms with Crippen LogP contribution in [0.2, 0.25) is 0 Å². The van der Waals surface area contributed by atoms with Crippen molar-refractivity contribution in [3.63, 3.8) is 0 Å². The predicted octanol–water partition coefficient (Wildman–Crippen LogP) is 2.31. The summed E-state index contributed by atoms with van der Waals surface area (Å²) < 4.78 is 2.33. The van der Waals surface area contributed by atoms with Gasteiger partial charge in [0, 0.05) is 17.3 Å². The molecule has 0 amide bonds. The van der Waals surface area contributed by atoms with Gasteiger partial charge in [-0.2, -0.15) is 0 Å². The Kier molecular flexibility index (Phi) is 3.35. The van der Waals surface area contributed by atoms with E-state index in [0.717, 1.165) is 10.7 Å². The first-order valence-electron chi connectivity index (χ1n) is 5.05. The molecule has 0 atom stereocenters. The van der Waals surface area contributed by atoms with Gasteiger partial charge in [0.2, 0.25) is 5.43 Å². The van der Waals surface area contributed by atoms with Crippen LogP contribution in [0.4, 0.5) is 5.69 Å². The lowest BCUT2D eigenvalue weighted by molar-refractivity contribution is 0.778. The number of aromatic nitrogens is 2. The Morgan fingerprint density at radius 2 is 2.18 bits per heavy atom. The van der Waals surface area contributed by atoms with E-state index in [2.05, 4.69) is 20.9 Å². The summed E-state index contributed by atoms with van der Waals surface area (Å²) in [4.78, 5) is 17.1. The van der Waals surface area contributed by atoms with E-state index in [-0.39, 0.29) is 11.1 Å². The van der Waals surface area contributed by atoms with Gasteiger partial charge in [-0.1, -0.05) is 0 Å². The Morgan fingerprint density at radius 1 is 1.47 bits per heavy atom. The highest BCUT2D eigenvalue weighted by atomic mass is 79.9. The fourth-order valence-electron chi connectivity index (χ4n) is 1.47. The van der Waals surface area contributed by atoms with Crippen LogP contribution >= 0.6 is 27.3 Å². The van der Waals surface area contributed by atoms with Crippen LogP contribution in [0.3, 0.4) is 0 Å². The van der Waals surface area contributed by atoms with Crippen molar-refractivity contribution in [1.29, 1.82) is 0 Å². The lowest BCUT2D eigenvalue weighted by Crippen LogP contribution is -2.13. The summed E-state index contributed by atoms with van der Waals surface area (Å²) in [5.41, 5.74) is 6.75. The number of nitrogens with zero attached hydrogens (tertiary/aromatic N) is 2. The number of nitrogens with two attached hydrogens (primary N) is 1. The van der Waals surface area contributed by atoms with E-state index in [1.807, 2.05) is 18.4 Å². The molecule has 0 bridgehead atoms. The third-order valence-corrected chi connectivity index (χ3v) is 4.08. The number of nitrogen functional groups attached to an aromatic ring is 1. The zero-order valence-electron chi connectivity index (χ0n) is 9.53. The van der Waals surface area contributed by atoms with Gasteiger partial charge >= 0.3 is 0 Å². The molecule has 2 aromatic rings. The van der Waals surface area contributed by atoms with E-state index in [9.17, 15) is 4.79 Å². The quantitative estimate of drug-likeness (QED) is 0.925. The molecule has 2 heterocycles. The molecule has 0 radical (unpaired) electrons. The highest BCUT2D eigenvalue weighted by molar-refractivity contribution is 9.10. The molecule has 0 aromatic carbocycles. The van der Waals surface area contributed by atoms with E-state index < -0.39 is 0 Å². The van der Waals surface area contributed by atoms with Gasteiger partial charge in [-0.15, -0.1) is 11.3 Å². The molecule has 2 rings (SSSR count). The molecule has 0 aliphatic carbocycles. The number of rotatable bonds is 2. The fourth-order valence-corrected chi connectivity index (χ4v) is 2.91. The maximum Gasteiger partial charge on any atom is 0.218 e. The van der Waals surface area contributed by atoms with Crippen LogP contribution in [-0.4, -0.2) is 9.55 Å². The summed E-state index contributed by atoms with van der Waals surface area (Å²) in [6.07, 6.45) is 3.36. The van der Waals surface area contributed by atoms with Crippen molar-refractivity contribution < 1.29 is 0 Å². The average Bonchev–Trinajstić information content (AvgIpc) is 2.54. The molecule has 6 heteroatoms. The molecule has 0 saturated carbocycles. The summed E-state index contributed by atoms with van der Waals surface area (Å²) in [6, 6.07) is 0. The first kappa shape index (κ1) is 12.3. The van der Waals surface area contributed by atoms with Gasteiger partial charge < -0.3 is 10.3 Å². The molecular weight excluding hydrogens is 302 g/mol. The zero-order chi connectivity index (χ0) is 12.6. The van der Waals surface area contributed by atoms with Gasteiger partial charge in [0.25, 0.3) is 0 Å². The number of aryl methyl sites for hydroxylation is 2. The molecule has 0 unspecified atom stereocenters. The van der Waals surface area contributed by atoms with Gasteiger partial charge in [-0.3, -0.25) is 4.79 Å². The SMILES string of the molecule is Cc1nc(Cn2cc(N)c(=O)c(Br)c2)sc1C. The van der Waals surface area contributed by atoms with E-state index >= 15 is 0 Å². The molecule has 0 fully saturated rings. The minimum atomic E-state index is -0.173. The third kappa shape index (κ3) is 2.58. The Hall–Kier alpha value is -1.14. The lowest BCUT2D eigenvalue weighted by Gasteiger charge is -2.05. The minimum absolute atomic E-state index is 0.173. The highest BCUT2D eigenvalue weighted by Crippen LogP contribution is 2.18. The molecule has 2 aromatic heterocycles. The molecule has 17 heavy (non-hydrogen) atoms. The second-order valence-corrected chi connectivity index (χ2v) is 5.95. The first-order chi connectivity index (χ1) is 7.97. The van der Waals surface area contributed by atoms with Crippen molar-refractivity contribution in [1.82, 2.24) is 9.55 Å². The molecule has 0 saturated heterocycles. The normalized spacial score (nSPS) is 10.8. The second kappa shape index (κ2) is 4.62. The van der Waals surface area contributed by atoms with Crippen molar-refractivity contribution in [3.8, 4) is 0 Å². The molecule has 0 spiro atoms. The number of pyridine rings is 1. The van der Waals surface area contributed by atoms with E-state index in [1.165, 1.54) is 4.88 Å². The van der Waals surface area contributed by atoms with Gasteiger partial charge in [-0.05, 0) is 29.8 Å². The molecule has 0 aliphatic rings. The van der Waals surface area contributed by atoms with Crippen LogP contribution in [-0.2, 0) is 6.54 Å². The van der Waals surface area contributed by atoms with E-state index in [4.69, 9.17) is 5.73 Å². The summed E-state index contributed by atoms with van der Waals surface area (Å²) in [6.45, 7) is 4.67. The van der Waals surface area contributed by atoms with Crippen LogP contribution in [0.1, 0.15) is 15.6 Å². The highest BCUT2D eigenvalue weighted by Gasteiger charge is 2.06. The number of hydrogen-bond donors (Lipinski definition) is 1. The van der Waals surface area contributed by atoms with Gasteiger partial charge in [0.05, 0.1) is 22.4 Å². The predicted molar refractivity (Wildman–Crippen MR) is 73.5 cm³/mol. The lowest BCUT2D eigenvalue weighted by atomic mass is 10.4. The maximum absolute atomic E-state index is 11.4. The second-order valence-electron chi connectivity index (χ2n) is 3.81. The van der Waals surface area contributed by atoms with Crippen molar-refractivity contribution >= 4 is 33.0 Å². The summed E-state index contributed by atoms with van der Waals surface area (Å²) in [7, 11) is 0. The van der Waals surface area contributed by atoms with Crippen molar-refractivity contribution in [2.45, 2.75) is 20.4 Å². The number of thiazole rings is 1. The minimum Gasteiger partial charge on any atom is -0.394 e. The van der Waals surface area contributed by atoms with Gasteiger partial charge in [0.1, 0.15) is 5.01 Å². The summed E-state index contributed by atoms with van der Waals surface area (Å²) >= 11 is 4.86. The summed E-state index contributed by atoms with van der Waals surface area (Å²) in [5, 5.41) is 1.01. The topological polar surface area (TPSA) is 60.9 Å². The smallest absolute Gasteiger partial charge is 0.218 e. The van der Waals surface area contributed by atoms with Crippen LogP contribution in [0.15, 0.2) is 21.7 Å². The van der Waals surface area contributed by atoms with Crippen molar-refractivity contribution in [3.05, 3.63) is 42.7 Å². The van der Waals surface area contributed by atoms with E-state index in [0.29, 0.717) is 11.0 Å². The standard InChI is InChI=1S/C11H12BrN3OS/c1-6-7(2)17-10(14-6)5-15-3-8(12)11(16)9(13)4-15/h3-4H,5,13H2,1-2H3. The summed E-state index contributed by atoms with van der Waals surface area (Å²) in [5.74, 6) is 0. The molecular formula is C11H12BrN3OS. The third-order valence-electron chi connectivity index (χ3n) is 2.45. The average molecular weight is 314 g/mol. The van der Waals surface area contributed by atoms with E-state index in [1.54, 1.807) is 23.7 Å². The number of hydrogen-bond acceptors (Lipinski definition) is 4. The number of anilines is 1. The first-order valence-corrected chi connectivity index (χ1v) is 6.66. The molecule has 0 aliphatic heterocycles. The number of halogens is 1. The van der Waals surface area contributed by atoms with Crippen LogP contribution in [0, 0.1) is 13.8 Å². The Balaban J connectivity index is 2.33. The Morgan fingerprint density at radius 3 is 2.71 bits per heavy atom. The van der Waals surface area contributed by atoms with Crippen LogP contribution in [0.25, 0.3) is 0 Å². The largest absolute Gasteiger partial charge is 0.394 e. The molecule has 4 nitrogen and oxygen atoms in total. The fraction of sp³-hybridized carbons (Fsp3) is 0.273.